The van der Waals surface area contributed by atoms with Gasteiger partial charge in [0.2, 0.25) is 6.79 Å². The molecule has 2 aliphatic rings. The van der Waals surface area contributed by atoms with Gasteiger partial charge in [-0.15, -0.1) is 0 Å². The molecule has 150 valence electrons. The number of fused-ring (bicyclic) bond motifs is 1. The van der Waals surface area contributed by atoms with E-state index < -0.39 is 0 Å². The first-order chi connectivity index (χ1) is 13.5. The number of aromatic nitrogens is 2. The lowest BCUT2D eigenvalue weighted by Crippen LogP contribution is -2.42. The molecular formula is C20H25ClN4O3. The van der Waals surface area contributed by atoms with Crippen LogP contribution in [-0.2, 0) is 13.6 Å². The van der Waals surface area contributed by atoms with E-state index in [4.69, 9.17) is 21.1 Å². The van der Waals surface area contributed by atoms with Crippen LogP contribution < -0.4 is 9.47 Å². The summed E-state index contributed by atoms with van der Waals surface area (Å²) in [6.07, 6.45) is 4.01. The number of hydrogen-bond donors (Lipinski definition) is 0. The van der Waals surface area contributed by atoms with E-state index in [1.54, 1.807) is 29.1 Å². The van der Waals surface area contributed by atoms with E-state index in [0.29, 0.717) is 46.9 Å². The van der Waals surface area contributed by atoms with Crippen LogP contribution in [0, 0.1) is 0 Å². The predicted octanol–water partition coefficient (Wildman–Crippen LogP) is 2.93. The summed E-state index contributed by atoms with van der Waals surface area (Å²) in [7, 11) is 1.83. The summed E-state index contributed by atoms with van der Waals surface area (Å²) in [6, 6.07) is 5.68. The maximum Gasteiger partial charge on any atom is 0.254 e. The van der Waals surface area contributed by atoms with E-state index in [1.165, 1.54) is 0 Å². The number of ether oxygens (including phenoxy) is 2. The second-order valence-electron chi connectivity index (χ2n) is 7.28. The number of carbonyl (C=O) groups excluding carboxylic acids is 1. The highest BCUT2D eigenvalue weighted by Gasteiger charge is 2.29. The zero-order chi connectivity index (χ0) is 19.7. The zero-order valence-corrected chi connectivity index (χ0v) is 17.0. The fourth-order valence-electron chi connectivity index (χ4n) is 4.00. The molecule has 0 radical (unpaired) electrons. The lowest BCUT2D eigenvalue weighted by molar-refractivity contribution is 0.0689. The Morgan fingerprint density at radius 1 is 1.36 bits per heavy atom. The molecule has 2 aromatic rings. The SMILES string of the molecule is CCN1CCC[C@H]1CN(Cc1nn(C)cc1Cl)C(=O)c1ccc2c(c1)OCO2. The second-order valence-corrected chi connectivity index (χ2v) is 7.68. The first-order valence-electron chi connectivity index (χ1n) is 9.66. The minimum Gasteiger partial charge on any atom is -0.454 e. The van der Waals surface area contributed by atoms with Gasteiger partial charge in [0.25, 0.3) is 5.91 Å². The second kappa shape index (κ2) is 8.01. The Labute approximate surface area is 169 Å². The van der Waals surface area contributed by atoms with Gasteiger partial charge < -0.3 is 14.4 Å². The van der Waals surface area contributed by atoms with Crippen LogP contribution in [0.3, 0.4) is 0 Å². The molecule has 28 heavy (non-hydrogen) atoms. The number of hydrogen-bond acceptors (Lipinski definition) is 5. The normalized spacial score (nSPS) is 18.6. The van der Waals surface area contributed by atoms with Gasteiger partial charge in [-0.2, -0.15) is 5.10 Å². The third-order valence-electron chi connectivity index (χ3n) is 5.44. The zero-order valence-electron chi connectivity index (χ0n) is 16.2. The maximum absolute atomic E-state index is 13.4. The van der Waals surface area contributed by atoms with Crippen molar-refractivity contribution in [3.63, 3.8) is 0 Å². The number of nitrogens with zero attached hydrogens (tertiary/aromatic N) is 4. The van der Waals surface area contributed by atoms with Gasteiger partial charge >= 0.3 is 0 Å². The molecule has 0 saturated carbocycles. The van der Waals surface area contributed by atoms with E-state index in [0.717, 1.165) is 25.9 Å². The molecule has 4 rings (SSSR count). The smallest absolute Gasteiger partial charge is 0.254 e. The lowest BCUT2D eigenvalue weighted by Gasteiger charge is -2.30. The highest BCUT2D eigenvalue weighted by atomic mass is 35.5. The summed E-state index contributed by atoms with van der Waals surface area (Å²) in [4.78, 5) is 17.7. The molecule has 8 heteroatoms. The number of rotatable bonds is 6. The van der Waals surface area contributed by atoms with Crippen molar-refractivity contribution in [3.05, 3.63) is 40.7 Å². The number of carbonyl (C=O) groups is 1. The molecule has 1 amide bonds. The number of likely N-dealkylation sites (N-methyl/N-ethyl adjacent to an activating group) is 1. The molecule has 1 aromatic heterocycles. The Balaban J connectivity index is 1.59. The molecule has 0 unspecified atom stereocenters. The van der Waals surface area contributed by atoms with Crippen molar-refractivity contribution in [1.29, 1.82) is 0 Å². The van der Waals surface area contributed by atoms with E-state index in [9.17, 15) is 4.79 Å². The van der Waals surface area contributed by atoms with Crippen LogP contribution in [0.2, 0.25) is 5.02 Å². The molecule has 1 aromatic carbocycles. The standard InChI is InChI=1S/C20H25ClN4O3/c1-3-24-8-4-5-15(24)10-25(12-17-16(21)11-23(2)22-17)20(26)14-6-7-18-19(9-14)28-13-27-18/h6-7,9,11,15H,3-5,8,10,12-13H2,1-2H3/t15-/m0/s1. The number of aryl methyl sites for hydroxylation is 1. The van der Waals surface area contributed by atoms with Crippen LogP contribution in [0.1, 0.15) is 35.8 Å². The summed E-state index contributed by atoms with van der Waals surface area (Å²) >= 11 is 6.32. The van der Waals surface area contributed by atoms with Crippen LogP contribution in [0.5, 0.6) is 11.5 Å². The third-order valence-corrected chi connectivity index (χ3v) is 5.75. The van der Waals surface area contributed by atoms with E-state index in [-0.39, 0.29) is 12.7 Å². The largest absolute Gasteiger partial charge is 0.454 e. The van der Waals surface area contributed by atoms with E-state index in [1.807, 2.05) is 11.9 Å². The molecule has 1 fully saturated rings. The van der Waals surface area contributed by atoms with Crippen LogP contribution in [0.25, 0.3) is 0 Å². The maximum atomic E-state index is 13.4. The first-order valence-corrected chi connectivity index (χ1v) is 10.0. The molecule has 7 nitrogen and oxygen atoms in total. The van der Waals surface area contributed by atoms with Crippen LogP contribution in [0.15, 0.2) is 24.4 Å². The van der Waals surface area contributed by atoms with Crippen molar-refractivity contribution >= 4 is 17.5 Å². The van der Waals surface area contributed by atoms with Gasteiger partial charge in [0.1, 0.15) is 5.69 Å². The van der Waals surface area contributed by atoms with Gasteiger partial charge in [-0.05, 0) is 44.1 Å². The van der Waals surface area contributed by atoms with Gasteiger partial charge in [-0.1, -0.05) is 18.5 Å². The Kier molecular flexibility index (Phi) is 5.46. The molecule has 0 spiro atoms. The topological polar surface area (TPSA) is 59.8 Å². The molecular weight excluding hydrogens is 380 g/mol. The van der Waals surface area contributed by atoms with Crippen molar-refractivity contribution in [2.24, 2.45) is 7.05 Å². The van der Waals surface area contributed by atoms with Gasteiger partial charge in [0.05, 0.1) is 11.6 Å². The first kappa shape index (κ1) is 19.1. The molecule has 2 aliphatic heterocycles. The van der Waals surface area contributed by atoms with Crippen molar-refractivity contribution in [3.8, 4) is 11.5 Å². The Morgan fingerprint density at radius 2 is 2.18 bits per heavy atom. The third kappa shape index (κ3) is 3.82. The average Bonchev–Trinajstić information content (AvgIpc) is 3.40. The summed E-state index contributed by atoms with van der Waals surface area (Å²) in [6.45, 7) is 5.44. The highest BCUT2D eigenvalue weighted by molar-refractivity contribution is 6.31. The van der Waals surface area contributed by atoms with Crippen LogP contribution in [0.4, 0.5) is 0 Å². The van der Waals surface area contributed by atoms with Gasteiger partial charge in [0, 0.05) is 31.4 Å². The minimum absolute atomic E-state index is 0.0528. The van der Waals surface area contributed by atoms with Crippen LogP contribution >= 0.6 is 11.6 Å². The molecule has 1 atom stereocenters. The summed E-state index contributed by atoms with van der Waals surface area (Å²) in [5.74, 6) is 1.23. The fourth-order valence-corrected chi connectivity index (χ4v) is 4.24. The minimum atomic E-state index is -0.0528. The Morgan fingerprint density at radius 3 is 2.93 bits per heavy atom. The number of halogens is 1. The van der Waals surface area contributed by atoms with Crippen molar-refractivity contribution < 1.29 is 14.3 Å². The summed E-state index contributed by atoms with van der Waals surface area (Å²) in [5, 5.41) is 5.00. The van der Waals surface area contributed by atoms with Gasteiger partial charge in [-0.25, -0.2) is 0 Å². The predicted molar refractivity (Wildman–Crippen MR) is 106 cm³/mol. The molecule has 0 bridgehead atoms. The Hall–Kier alpha value is -2.25. The fraction of sp³-hybridized carbons (Fsp3) is 0.500. The number of amides is 1. The van der Waals surface area contributed by atoms with E-state index in [2.05, 4.69) is 16.9 Å². The lowest BCUT2D eigenvalue weighted by atomic mass is 10.1. The molecule has 0 aliphatic carbocycles. The average molecular weight is 405 g/mol. The van der Waals surface area contributed by atoms with Gasteiger partial charge in [-0.3, -0.25) is 14.4 Å². The number of likely N-dealkylation sites (tertiary alicyclic amines) is 1. The number of benzene rings is 1. The molecule has 0 N–H and O–H groups in total. The van der Waals surface area contributed by atoms with Crippen molar-refractivity contribution in [1.82, 2.24) is 19.6 Å². The molecule has 3 heterocycles. The van der Waals surface area contributed by atoms with Crippen molar-refractivity contribution in [2.45, 2.75) is 32.4 Å². The van der Waals surface area contributed by atoms with Gasteiger partial charge in [0.15, 0.2) is 11.5 Å². The quantitative estimate of drug-likeness (QED) is 0.740. The van der Waals surface area contributed by atoms with Crippen LogP contribution in [-0.4, -0.2) is 58.0 Å². The van der Waals surface area contributed by atoms with Crippen molar-refractivity contribution in [2.75, 3.05) is 26.4 Å². The monoisotopic (exact) mass is 404 g/mol. The molecule has 1 saturated heterocycles. The highest BCUT2D eigenvalue weighted by Crippen LogP contribution is 2.33. The summed E-state index contributed by atoms with van der Waals surface area (Å²) < 4.78 is 12.5. The summed E-state index contributed by atoms with van der Waals surface area (Å²) in [5.41, 5.74) is 1.29. The van der Waals surface area contributed by atoms with E-state index >= 15 is 0 Å². The Bertz CT molecular complexity index is 869.